The minimum absolute atomic E-state index is 0.0565. The molecule has 7 heteroatoms. The summed E-state index contributed by atoms with van der Waals surface area (Å²) < 4.78 is 5.14. The first-order chi connectivity index (χ1) is 10.6. The Balaban J connectivity index is 2.06. The largest absolute Gasteiger partial charge is 0.396 e. The first-order valence-electron chi connectivity index (χ1n) is 7.02. The third kappa shape index (κ3) is 4.08. The van der Waals surface area contributed by atoms with E-state index in [1.165, 1.54) is 11.8 Å². The number of nitrogens with zero attached hydrogens (tertiary/aromatic N) is 2. The Hall–Kier alpha value is -1.86. The topological polar surface area (TPSA) is 88.2 Å². The second-order valence-electron chi connectivity index (χ2n) is 4.78. The Morgan fingerprint density at radius 3 is 2.95 bits per heavy atom. The van der Waals surface area contributed by atoms with Gasteiger partial charge in [0.1, 0.15) is 10.8 Å². The molecule has 0 fully saturated rings. The highest BCUT2D eigenvalue weighted by atomic mass is 32.2. The van der Waals surface area contributed by atoms with E-state index in [0.717, 1.165) is 17.0 Å². The molecule has 118 valence electrons. The summed E-state index contributed by atoms with van der Waals surface area (Å²) >= 11 is 1.48. The monoisotopic (exact) mass is 321 g/mol. The van der Waals surface area contributed by atoms with Crippen molar-refractivity contribution in [3.8, 4) is 0 Å². The fourth-order valence-corrected chi connectivity index (χ4v) is 3.05. The van der Waals surface area contributed by atoms with Crippen LogP contribution >= 0.6 is 11.8 Å². The molecule has 0 unspecified atom stereocenters. The minimum atomic E-state index is -0.178. The van der Waals surface area contributed by atoms with Gasteiger partial charge in [-0.15, -0.1) is 11.8 Å². The highest BCUT2D eigenvalue weighted by Crippen LogP contribution is 2.27. The number of amides is 1. The summed E-state index contributed by atoms with van der Waals surface area (Å²) in [5, 5.41) is 16.1. The molecule has 0 aliphatic rings. The van der Waals surface area contributed by atoms with Crippen molar-refractivity contribution in [2.45, 2.75) is 31.0 Å². The van der Waals surface area contributed by atoms with Gasteiger partial charge in [0.05, 0.1) is 11.3 Å². The molecule has 0 aliphatic heterocycles. The van der Waals surface area contributed by atoms with Crippen LogP contribution in [0.25, 0.3) is 0 Å². The Morgan fingerprint density at radius 1 is 1.45 bits per heavy atom. The molecular weight excluding hydrogens is 302 g/mol. The molecule has 0 aromatic carbocycles. The third-order valence-electron chi connectivity index (χ3n) is 3.17. The van der Waals surface area contributed by atoms with Gasteiger partial charge in [-0.2, -0.15) is 0 Å². The average Bonchev–Trinajstić information content (AvgIpc) is 2.84. The SMILES string of the molecule is Cc1noc(C)c1CSc1ncccc1C(=O)NCCCO. The number of pyridine rings is 1. The van der Waals surface area contributed by atoms with Gasteiger partial charge in [-0.3, -0.25) is 4.79 Å². The lowest BCUT2D eigenvalue weighted by Crippen LogP contribution is -2.25. The quantitative estimate of drug-likeness (QED) is 0.600. The highest BCUT2D eigenvalue weighted by molar-refractivity contribution is 7.98. The van der Waals surface area contributed by atoms with Gasteiger partial charge in [-0.05, 0) is 32.4 Å². The van der Waals surface area contributed by atoms with Crippen LogP contribution in [0.2, 0.25) is 0 Å². The molecule has 0 spiro atoms. The fraction of sp³-hybridized carbons (Fsp3) is 0.400. The number of hydrogen-bond acceptors (Lipinski definition) is 6. The number of carbonyl (C=O) groups is 1. The zero-order valence-corrected chi connectivity index (χ0v) is 13.4. The van der Waals surface area contributed by atoms with Gasteiger partial charge in [-0.1, -0.05) is 5.16 Å². The molecule has 2 heterocycles. The molecular formula is C15H19N3O3S. The van der Waals surface area contributed by atoms with Gasteiger partial charge in [-0.25, -0.2) is 4.98 Å². The second-order valence-corrected chi connectivity index (χ2v) is 5.74. The molecule has 0 radical (unpaired) electrons. The van der Waals surface area contributed by atoms with Crippen LogP contribution in [0, 0.1) is 13.8 Å². The summed E-state index contributed by atoms with van der Waals surface area (Å²) in [7, 11) is 0. The Bertz CT molecular complexity index is 623. The van der Waals surface area contributed by atoms with E-state index < -0.39 is 0 Å². The third-order valence-corrected chi connectivity index (χ3v) is 4.20. The van der Waals surface area contributed by atoms with Crippen molar-refractivity contribution >= 4 is 17.7 Å². The number of nitrogens with one attached hydrogen (secondary N) is 1. The maximum Gasteiger partial charge on any atom is 0.254 e. The summed E-state index contributed by atoms with van der Waals surface area (Å²) in [6.07, 6.45) is 2.20. The lowest BCUT2D eigenvalue weighted by Gasteiger charge is -2.08. The van der Waals surface area contributed by atoms with Crippen molar-refractivity contribution in [2.75, 3.05) is 13.2 Å². The summed E-state index contributed by atoms with van der Waals surface area (Å²) in [5.74, 6) is 1.26. The Morgan fingerprint density at radius 2 is 2.27 bits per heavy atom. The molecule has 0 saturated heterocycles. The van der Waals surface area contributed by atoms with Crippen LogP contribution in [0.15, 0.2) is 27.9 Å². The number of aryl methyl sites for hydroxylation is 2. The molecule has 2 aromatic heterocycles. The summed E-state index contributed by atoms with van der Waals surface area (Å²) in [5.41, 5.74) is 2.43. The average molecular weight is 321 g/mol. The zero-order valence-electron chi connectivity index (χ0n) is 12.6. The molecule has 0 saturated carbocycles. The number of rotatable bonds is 7. The number of aliphatic hydroxyl groups is 1. The van der Waals surface area contributed by atoms with Crippen LogP contribution in [0.5, 0.6) is 0 Å². The van der Waals surface area contributed by atoms with E-state index in [1.54, 1.807) is 18.3 Å². The highest BCUT2D eigenvalue weighted by Gasteiger charge is 2.15. The first-order valence-corrected chi connectivity index (χ1v) is 8.00. The predicted molar refractivity (Wildman–Crippen MR) is 83.8 cm³/mol. The number of carbonyl (C=O) groups excluding carboxylic acids is 1. The van der Waals surface area contributed by atoms with Crippen LogP contribution in [0.3, 0.4) is 0 Å². The summed E-state index contributed by atoms with van der Waals surface area (Å²) in [6, 6.07) is 3.48. The standard InChI is InChI=1S/C15H19N3O3S/c1-10-13(11(2)21-18-10)9-22-15-12(5-3-6-17-15)14(20)16-7-4-8-19/h3,5-6,19H,4,7-9H2,1-2H3,(H,16,20). The van der Waals surface area contributed by atoms with Crippen molar-refractivity contribution in [2.24, 2.45) is 0 Å². The normalized spacial score (nSPS) is 10.7. The van der Waals surface area contributed by atoms with Gasteiger partial charge in [0.2, 0.25) is 0 Å². The molecule has 0 atom stereocenters. The van der Waals surface area contributed by atoms with E-state index in [-0.39, 0.29) is 12.5 Å². The molecule has 2 N–H and O–H groups in total. The van der Waals surface area contributed by atoms with E-state index >= 15 is 0 Å². The molecule has 22 heavy (non-hydrogen) atoms. The molecule has 6 nitrogen and oxygen atoms in total. The second kappa shape index (κ2) is 7.95. The zero-order chi connectivity index (χ0) is 15.9. The van der Waals surface area contributed by atoms with Crippen LogP contribution in [0.1, 0.15) is 33.8 Å². The molecule has 0 aliphatic carbocycles. The molecule has 1 amide bonds. The number of aliphatic hydroxyl groups excluding tert-OH is 1. The first kappa shape index (κ1) is 16.5. The van der Waals surface area contributed by atoms with Crippen LogP contribution in [-0.2, 0) is 5.75 Å². The van der Waals surface area contributed by atoms with Gasteiger partial charge >= 0.3 is 0 Å². The van der Waals surface area contributed by atoms with Crippen LogP contribution < -0.4 is 5.32 Å². The Labute approximate surface area is 133 Å². The Kier molecular flexibility index (Phi) is 5.97. The van der Waals surface area contributed by atoms with Crippen molar-refractivity contribution in [3.63, 3.8) is 0 Å². The molecule has 0 bridgehead atoms. The number of hydrogen-bond donors (Lipinski definition) is 2. The lowest BCUT2D eigenvalue weighted by atomic mass is 10.2. The van der Waals surface area contributed by atoms with Crippen molar-refractivity contribution in [1.82, 2.24) is 15.5 Å². The van der Waals surface area contributed by atoms with E-state index in [4.69, 9.17) is 9.63 Å². The van der Waals surface area contributed by atoms with Gasteiger partial charge < -0.3 is 14.9 Å². The fourth-order valence-electron chi connectivity index (χ4n) is 1.90. The number of aromatic nitrogens is 2. The van der Waals surface area contributed by atoms with Crippen molar-refractivity contribution in [3.05, 3.63) is 40.9 Å². The van der Waals surface area contributed by atoms with Gasteiger partial charge in [0, 0.05) is 30.7 Å². The maximum absolute atomic E-state index is 12.2. The van der Waals surface area contributed by atoms with Gasteiger partial charge in [0.25, 0.3) is 5.91 Å². The predicted octanol–water partition coefficient (Wildman–Crippen LogP) is 2.09. The maximum atomic E-state index is 12.2. The summed E-state index contributed by atoms with van der Waals surface area (Å²) in [6.45, 7) is 4.27. The van der Waals surface area contributed by atoms with E-state index in [2.05, 4.69) is 15.5 Å². The number of thioether (sulfide) groups is 1. The van der Waals surface area contributed by atoms with E-state index in [9.17, 15) is 4.79 Å². The molecule has 2 rings (SSSR count). The molecule has 2 aromatic rings. The van der Waals surface area contributed by atoms with Crippen LogP contribution in [0.4, 0.5) is 0 Å². The van der Waals surface area contributed by atoms with Gasteiger partial charge in [0.15, 0.2) is 0 Å². The van der Waals surface area contributed by atoms with E-state index in [1.807, 2.05) is 13.8 Å². The van der Waals surface area contributed by atoms with Crippen molar-refractivity contribution < 1.29 is 14.4 Å². The van der Waals surface area contributed by atoms with E-state index in [0.29, 0.717) is 29.3 Å². The minimum Gasteiger partial charge on any atom is -0.396 e. The lowest BCUT2D eigenvalue weighted by molar-refractivity contribution is 0.0947. The van der Waals surface area contributed by atoms with Crippen LogP contribution in [-0.4, -0.2) is 34.3 Å². The smallest absolute Gasteiger partial charge is 0.254 e. The summed E-state index contributed by atoms with van der Waals surface area (Å²) in [4.78, 5) is 16.4. The van der Waals surface area contributed by atoms with Crippen molar-refractivity contribution in [1.29, 1.82) is 0 Å².